The number of piperidine rings is 1. The first-order valence-corrected chi connectivity index (χ1v) is 9.18. The van der Waals surface area contributed by atoms with E-state index in [0.29, 0.717) is 9.37 Å². The van der Waals surface area contributed by atoms with Gasteiger partial charge in [0.05, 0.1) is 11.1 Å². The van der Waals surface area contributed by atoms with Crippen LogP contribution in [-0.4, -0.2) is 65.3 Å². The summed E-state index contributed by atoms with van der Waals surface area (Å²) >= 11 is 3.22. The van der Waals surface area contributed by atoms with Crippen LogP contribution in [0.1, 0.15) is 33.6 Å². The molecule has 1 N–H and O–H groups in total. The van der Waals surface area contributed by atoms with Crippen LogP contribution in [0.15, 0.2) is 22.7 Å². The number of carbonyl (C=O) groups excluding carboxylic acids is 4. The Balaban J connectivity index is 1.54. The predicted molar refractivity (Wildman–Crippen MR) is 93.3 cm³/mol. The van der Waals surface area contributed by atoms with Crippen molar-refractivity contribution in [1.82, 2.24) is 15.1 Å². The number of benzene rings is 1. The van der Waals surface area contributed by atoms with Gasteiger partial charge in [-0.1, -0.05) is 15.9 Å². The number of amides is 4. The summed E-state index contributed by atoms with van der Waals surface area (Å²) in [6.07, 6.45) is -4.61. The fraction of sp³-hybridized carbons (Fsp3) is 0.412. The van der Waals surface area contributed by atoms with Crippen LogP contribution >= 0.6 is 15.9 Å². The lowest BCUT2D eigenvalue weighted by Crippen LogP contribution is -2.51. The number of fused-ring (bicyclic) bond motifs is 1. The van der Waals surface area contributed by atoms with Gasteiger partial charge in [-0.15, -0.1) is 0 Å². The van der Waals surface area contributed by atoms with E-state index in [4.69, 9.17) is 0 Å². The van der Waals surface area contributed by atoms with E-state index in [1.807, 2.05) is 0 Å². The van der Waals surface area contributed by atoms with E-state index in [0.717, 1.165) is 4.90 Å². The van der Waals surface area contributed by atoms with Gasteiger partial charge in [0, 0.05) is 23.6 Å². The van der Waals surface area contributed by atoms with Crippen LogP contribution in [0.3, 0.4) is 0 Å². The lowest BCUT2D eigenvalue weighted by Gasteiger charge is -2.32. The van der Waals surface area contributed by atoms with Crippen molar-refractivity contribution in [2.75, 3.05) is 19.6 Å². The second-order valence-corrected chi connectivity index (χ2v) is 7.43. The molecule has 2 aliphatic rings. The first-order valence-electron chi connectivity index (χ1n) is 8.39. The Bertz CT molecular complexity index is 851. The van der Waals surface area contributed by atoms with Crippen molar-refractivity contribution in [2.45, 2.75) is 25.1 Å². The van der Waals surface area contributed by atoms with Crippen LogP contribution in [-0.2, 0) is 9.59 Å². The molecule has 11 heteroatoms. The fourth-order valence-electron chi connectivity index (χ4n) is 3.23. The number of nitrogens with one attached hydrogen (secondary N) is 1. The minimum Gasteiger partial charge on any atom is -0.352 e. The molecule has 2 heterocycles. The molecule has 150 valence electrons. The van der Waals surface area contributed by atoms with Crippen molar-refractivity contribution in [3.05, 3.63) is 33.8 Å². The topological polar surface area (TPSA) is 86.8 Å². The maximum atomic E-state index is 12.4. The van der Waals surface area contributed by atoms with Gasteiger partial charge in [0.15, 0.2) is 0 Å². The molecule has 1 aromatic carbocycles. The molecule has 0 radical (unpaired) electrons. The van der Waals surface area contributed by atoms with Crippen molar-refractivity contribution in [2.24, 2.45) is 0 Å². The van der Waals surface area contributed by atoms with Crippen LogP contribution in [0.5, 0.6) is 0 Å². The lowest BCUT2D eigenvalue weighted by atomic mass is 10.0. The van der Waals surface area contributed by atoms with Crippen molar-refractivity contribution in [3.63, 3.8) is 0 Å². The van der Waals surface area contributed by atoms with Gasteiger partial charge in [-0.25, -0.2) is 0 Å². The normalized spacial score (nSPS) is 17.7. The van der Waals surface area contributed by atoms with E-state index in [9.17, 15) is 32.3 Å². The highest BCUT2D eigenvalue weighted by Crippen LogP contribution is 2.26. The monoisotopic (exact) mass is 461 g/mol. The summed E-state index contributed by atoms with van der Waals surface area (Å²) in [6, 6.07) is 4.17. The van der Waals surface area contributed by atoms with Gasteiger partial charge in [0.1, 0.15) is 6.54 Å². The highest BCUT2D eigenvalue weighted by molar-refractivity contribution is 9.10. The van der Waals surface area contributed by atoms with E-state index >= 15 is 0 Å². The number of hydrogen-bond acceptors (Lipinski definition) is 4. The third-order valence-corrected chi connectivity index (χ3v) is 5.12. The molecule has 0 spiro atoms. The Kier molecular flexibility index (Phi) is 5.46. The average Bonchev–Trinajstić information content (AvgIpc) is 2.85. The maximum absolute atomic E-state index is 12.4. The summed E-state index contributed by atoms with van der Waals surface area (Å²) < 4.78 is 38.0. The highest BCUT2D eigenvalue weighted by atomic mass is 79.9. The standard InChI is InChI=1S/C17H15BrF3N3O4/c18-9-1-2-11-12(7-9)15(27)24(14(11)26)8-13(25)22-10-3-5-23(6-4-10)16(28)17(19,20)21/h1-2,7,10H,3-6,8H2,(H,22,25). The third-order valence-electron chi connectivity index (χ3n) is 4.62. The molecule has 7 nitrogen and oxygen atoms in total. The molecule has 0 aliphatic carbocycles. The smallest absolute Gasteiger partial charge is 0.352 e. The van der Waals surface area contributed by atoms with Gasteiger partial charge in [-0.3, -0.25) is 24.1 Å². The summed E-state index contributed by atoms with van der Waals surface area (Å²) in [5, 5.41) is 2.61. The first-order chi connectivity index (χ1) is 13.1. The molecule has 0 unspecified atom stereocenters. The molecule has 1 saturated heterocycles. The zero-order valence-corrected chi connectivity index (χ0v) is 16.0. The number of carbonyl (C=O) groups is 4. The zero-order chi connectivity index (χ0) is 20.6. The second-order valence-electron chi connectivity index (χ2n) is 6.52. The molecule has 1 aromatic rings. The van der Waals surface area contributed by atoms with Gasteiger partial charge in [-0.2, -0.15) is 13.2 Å². The van der Waals surface area contributed by atoms with Crippen LogP contribution < -0.4 is 5.32 Å². The lowest BCUT2D eigenvalue weighted by molar-refractivity contribution is -0.186. The zero-order valence-electron chi connectivity index (χ0n) is 14.4. The maximum Gasteiger partial charge on any atom is 0.471 e. The number of hydrogen-bond donors (Lipinski definition) is 1. The van der Waals surface area contributed by atoms with Gasteiger partial charge in [0.2, 0.25) is 5.91 Å². The van der Waals surface area contributed by atoms with E-state index in [1.165, 1.54) is 12.1 Å². The molecule has 2 aliphatic heterocycles. The number of halogens is 4. The molecule has 0 bridgehead atoms. The fourth-order valence-corrected chi connectivity index (χ4v) is 3.59. The van der Waals surface area contributed by atoms with E-state index in [2.05, 4.69) is 21.2 Å². The Hall–Kier alpha value is -2.43. The minimum absolute atomic E-state index is 0.135. The van der Waals surface area contributed by atoms with Crippen molar-refractivity contribution in [3.8, 4) is 0 Å². The number of alkyl halides is 3. The summed E-state index contributed by atoms with van der Waals surface area (Å²) in [6.45, 7) is -0.750. The molecule has 1 fully saturated rings. The van der Waals surface area contributed by atoms with Crippen LogP contribution in [0.2, 0.25) is 0 Å². The molecule has 28 heavy (non-hydrogen) atoms. The molecule has 0 aromatic heterocycles. The van der Waals surface area contributed by atoms with Crippen molar-refractivity contribution < 1.29 is 32.3 Å². The quantitative estimate of drug-likeness (QED) is 0.694. The molecular weight excluding hydrogens is 447 g/mol. The van der Waals surface area contributed by atoms with Crippen LogP contribution in [0.4, 0.5) is 13.2 Å². The molecule has 0 atom stereocenters. The molecule has 3 rings (SSSR count). The van der Waals surface area contributed by atoms with Gasteiger partial charge < -0.3 is 10.2 Å². The Morgan fingerprint density at radius 1 is 1.11 bits per heavy atom. The highest BCUT2D eigenvalue weighted by Gasteiger charge is 2.43. The third kappa shape index (κ3) is 4.03. The Morgan fingerprint density at radius 3 is 2.32 bits per heavy atom. The summed E-state index contributed by atoms with van der Waals surface area (Å²) in [7, 11) is 0. The largest absolute Gasteiger partial charge is 0.471 e. The number of likely N-dealkylation sites (tertiary alicyclic amines) is 1. The SMILES string of the molecule is O=C(CN1C(=O)c2ccc(Br)cc2C1=O)NC1CCN(C(=O)C(F)(F)F)CC1. The van der Waals surface area contributed by atoms with E-state index in [-0.39, 0.29) is 37.1 Å². The Morgan fingerprint density at radius 2 is 1.71 bits per heavy atom. The summed E-state index contributed by atoms with van der Waals surface area (Å²) in [4.78, 5) is 49.6. The van der Waals surface area contributed by atoms with Gasteiger partial charge in [-0.05, 0) is 31.0 Å². The average molecular weight is 462 g/mol. The summed E-state index contributed by atoms with van der Waals surface area (Å²) in [5.41, 5.74) is 0.408. The minimum atomic E-state index is -4.92. The van der Waals surface area contributed by atoms with Crippen LogP contribution in [0, 0.1) is 0 Å². The Labute approximate surface area is 166 Å². The van der Waals surface area contributed by atoms with Crippen LogP contribution in [0.25, 0.3) is 0 Å². The van der Waals surface area contributed by atoms with E-state index in [1.54, 1.807) is 6.07 Å². The van der Waals surface area contributed by atoms with Gasteiger partial charge in [0.25, 0.3) is 11.8 Å². The number of nitrogens with zero attached hydrogens (tertiary/aromatic N) is 2. The molecule has 4 amide bonds. The van der Waals surface area contributed by atoms with E-state index < -0.39 is 42.4 Å². The number of imide groups is 1. The number of rotatable bonds is 3. The van der Waals surface area contributed by atoms with Gasteiger partial charge >= 0.3 is 12.1 Å². The predicted octanol–water partition coefficient (Wildman–Crippen LogP) is 1.71. The van der Waals surface area contributed by atoms with Crippen molar-refractivity contribution >= 4 is 39.6 Å². The summed E-state index contributed by atoms with van der Waals surface area (Å²) in [5.74, 6) is -3.64. The molecule has 0 saturated carbocycles. The van der Waals surface area contributed by atoms with Crippen molar-refractivity contribution in [1.29, 1.82) is 0 Å². The molecular formula is C17H15BrF3N3O4. The first kappa shape index (κ1) is 20.3. The second kappa shape index (κ2) is 7.53.